The van der Waals surface area contributed by atoms with Crippen molar-refractivity contribution in [2.75, 3.05) is 11.9 Å². The van der Waals surface area contributed by atoms with Crippen molar-refractivity contribution in [1.82, 2.24) is 15.5 Å². The Bertz CT molecular complexity index is 1090. The van der Waals surface area contributed by atoms with Crippen LogP contribution in [0.1, 0.15) is 92.9 Å². The third-order valence-electron chi connectivity index (χ3n) is 5.97. The van der Waals surface area contributed by atoms with Crippen molar-refractivity contribution in [3.8, 4) is 0 Å². The molecule has 200 valence electrons. The summed E-state index contributed by atoms with van der Waals surface area (Å²) in [5.74, 6) is -2.51. The summed E-state index contributed by atoms with van der Waals surface area (Å²) in [6.45, 7) is 5.97. The molecular weight excluding hydrogens is 480 g/mol. The Balaban J connectivity index is 1.39. The number of piperidine rings is 1. The minimum atomic E-state index is -1.03. The maximum atomic E-state index is 12.9. The Kier molecular flexibility index (Phi) is 9.01. The molecule has 1 aromatic carbocycles. The Morgan fingerprint density at radius 3 is 2.38 bits per heavy atom. The molecule has 0 aliphatic carbocycles. The van der Waals surface area contributed by atoms with E-state index in [2.05, 4.69) is 16.0 Å². The summed E-state index contributed by atoms with van der Waals surface area (Å²) >= 11 is 0. The molecule has 0 bridgehead atoms. The highest BCUT2D eigenvalue weighted by Gasteiger charge is 2.44. The molecule has 11 nitrogen and oxygen atoms in total. The minimum absolute atomic E-state index is 0.0497. The number of unbranched alkanes of at least 4 members (excludes halogenated alkanes) is 4. The van der Waals surface area contributed by atoms with Gasteiger partial charge in [-0.15, -0.1) is 0 Å². The summed E-state index contributed by atoms with van der Waals surface area (Å²) in [4.78, 5) is 74.0. The fourth-order valence-corrected chi connectivity index (χ4v) is 4.22. The molecule has 0 radical (unpaired) electrons. The first kappa shape index (κ1) is 27.8. The molecular formula is C26H34N4O7. The highest BCUT2D eigenvalue weighted by molar-refractivity contribution is 6.23. The second-order valence-corrected chi connectivity index (χ2v) is 10.2. The first-order valence-electron chi connectivity index (χ1n) is 12.6. The number of hydrogen-bond acceptors (Lipinski definition) is 7. The van der Waals surface area contributed by atoms with Crippen LogP contribution in [0.15, 0.2) is 18.2 Å². The van der Waals surface area contributed by atoms with Crippen molar-refractivity contribution in [3.63, 3.8) is 0 Å². The molecule has 0 spiro atoms. The minimum Gasteiger partial charge on any atom is -0.444 e. The van der Waals surface area contributed by atoms with E-state index in [1.165, 1.54) is 12.1 Å². The van der Waals surface area contributed by atoms with Crippen LogP contribution in [-0.2, 0) is 19.1 Å². The summed E-state index contributed by atoms with van der Waals surface area (Å²) in [6, 6.07) is 3.42. The lowest BCUT2D eigenvalue weighted by Crippen LogP contribution is -2.54. The maximum Gasteiger partial charge on any atom is 0.407 e. The van der Waals surface area contributed by atoms with Crippen LogP contribution in [0.5, 0.6) is 0 Å². The Hall–Kier alpha value is -3.76. The topological polar surface area (TPSA) is 151 Å². The van der Waals surface area contributed by atoms with Gasteiger partial charge in [-0.1, -0.05) is 19.3 Å². The van der Waals surface area contributed by atoms with Crippen LogP contribution < -0.4 is 16.0 Å². The number of hydrogen-bond donors (Lipinski definition) is 3. The number of ether oxygens (including phenoxy) is 1. The first-order chi connectivity index (χ1) is 17.5. The summed E-state index contributed by atoms with van der Waals surface area (Å²) in [5.41, 5.74) is 0.151. The summed E-state index contributed by atoms with van der Waals surface area (Å²) < 4.78 is 5.18. The molecule has 1 aromatic rings. The number of nitrogens with zero attached hydrogens (tertiary/aromatic N) is 1. The van der Waals surface area contributed by atoms with E-state index in [0.29, 0.717) is 25.1 Å². The zero-order valence-corrected chi connectivity index (χ0v) is 21.5. The van der Waals surface area contributed by atoms with Crippen molar-refractivity contribution >= 4 is 41.3 Å². The predicted octanol–water partition coefficient (Wildman–Crippen LogP) is 2.89. The van der Waals surface area contributed by atoms with E-state index in [1.807, 2.05) is 20.8 Å². The van der Waals surface area contributed by atoms with E-state index < -0.39 is 41.4 Å². The molecule has 0 saturated carbocycles. The predicted molar refractivity (Wildman–Crippen MR) is 134 cm³/mol. The average Bonchev–Trinajstić information content (AvgIpc) is 3.04. The lowest BCUT2D eigenvalue weighted by Gasteiger charge is -2.27. The van der Waals surface area contributed by atoms with Crippen LogP contribution in [0, 0.1) is 0 Å². The fraction of sp³-hybridized carbons (Fsp3) is 0.538. The van der Waals surface area contributed by atoms with Crippen LogP contribution in [0.3, 0.4) is 0 Å². The zero-order valence-electron chi connectivity index (χ0n) is 21.5. The van der Waals surface area contributed by atoms with E-state index >= 15 is 0 Å². The van der Waals surface area contributed by atoms with Crippen LogP contribution in [0.4, 0.5) is 10.5 Å². The number of carbonyl (C=O) groups excluding carboxylic acids is 6. The maximum absolute atomic E-state index is 12.9. The van der Waals surface area contributed by atoms with Gasteiger partial charge in [0.2, 0.25) is 17.7 Å². The number of imide groups is 2. The largest absolute Gasteiger partial charge is 0.444 e. The highest BCUT2D eigenvalue weighted by Crippen LogP contribution is 2.29. The van der Waals surface area contributed by atoms with Crippen molar-refractivity contribution in [1.29, 1.82) is 0 Å². The van der Waals surface area contributed by atoms with Crippen molar-refractivity contribution in [2.45, 2.75) is 83.8 Å². The quantitative estimate of drug-likeness (QED) is 0.321. The third kappa shape index (κ3) is 7.61. The zero-order chi connectivity index (χ0) is 27.2. The standard InChI is InChI=1S/C26H34N4O7/c1-26(2,3)37-25(36)27-14-8-6-4-5-7-9-20(31)28-16-10-11-17-18(15-16)24(35)30(23(17)34)19-12-13-21(32)29-22(19)33/h10-11,15,19H,4-9,12-14H2,1-3H3,(H,27,36)(H,28,31)(H,29,32,33). The molecule has 11 heteroatoms. The molecule has 2 heterocycles. The van der Waals surface area contributed by atoms with Gasteiger partial charge in [0.25, 0.3) is 11.8 Å². The number of nitrogens with one attached hydrogen (secondary N) is 3. The van der Waals surface area contributed by atoms with Crippen molar-refractivity contribution in [2.24, 2.45) is 0 Å². The van der Waals surface area contributed by atoms with Gasteiger partial charge in [0.15, 0.2) is 0 Å². The summed E-state index contributed by atoms with van der Waals surface area (Å²) in [5, 5.41) is 7.63. The van der Waals surface area contributed by atoms with Gasteiger partial charge < -0.3 is 15.4 Å². The second kappa shape index (κ2) is 12.0. The molecule has 2 aliphatic heterocycles. The van der Waals surface area contributed by atoms with Gasteiger partial charge in [0.1, 0.15) is 11.6 Å². The number of alkyl carbamates (subject to hydrolysis) is 1. The molecule has 0 aromatic heterocycles. The van der Waals surface area contributed by atoms with Gasteiger partial charge in [-0.3, -0.25) is 34.2 Å². The lowest BCUT2D eigenvalue weighted by atomic mass is 10.0. The van der Waals surface area contributed by atoms with E-state index in [-0.39, 0.29) is 29.9 Å². The molecule has 1 atom stereocenters. The number of amides is 6. The van der Waals surface area contributed by atoms with Gasteiger partial charge in [0, 0.05) is 25.1 Å². The number of anilines is 1. The third-order valence-corrected chi connectivity index (χ3v) is 5.97. The van der Waals surface area contributed by atoms with Crippen LogP contribution in [0.2, 0.25) is 0 Å². The molecule has 3 N–H and O–H groups in total. The van der Waals surface area contributed by atoms with Gasteiger partial charge in [0.05, 0.1) is 11.1 Å². The molecule has 2 aliphatic rings. The van der Waals surface area contributed by atoms with Crippen LogP contribution in [-0.4, -0.2) is 58.7 Å². The second-order valence-electron chi connectivity index (χ2n) is 10.2. The van der Waals surface area contributed by atoms with Gasteiger partial charge >= 0.3 is 6.09 Å². The summed E-state index contributed by atoms with van der Waals surface area (Å²) in [6.07, 6.45) is 4.23. The lowest BCUT2D eigenvalue weighted by molar-refractivity contribution is -0.136. The Morgan fingerprint density at radius 1 is 1.00 bits per heavy atom. The highest BCUT2D eigenvalue weighted by atomic mass is 16.6. The molecule has 3 rings (SSSR count). The fourth-order valence-electron chi connectivity index (χ4n) is 4.22. The van der Waals surface area contributed by atoms with E-state index in [1.54, 1.807) is 6.07 Å². The molecule has 6 amide bonds. The van der Waals surface area contributed by atoms with Crippen LogP contribution in [0.25, 0.3) is 0 Å². The Labute approximate surface area is 215 Å². The van der Waals surface area contributed by atoms with Crippen LogP contribution >= 0.6 is 0 Å². The van der Waals surface area contributed by atoms with Crippen molar-refractivity contribution in [3.05, 3.63) is 29.3 Å². The first-order valence-corrected chi connectivity index (χ1v) is 12.6. The molecule has 37 heavy (non-hydrogen) atoms. The molecule has 1 saturated heterocycles. The normalized spacial score (nSPS) is 17.4. The summed E-state index contributed by atoms with van der Waals surface area (Å²) in [7, 11) is 0. The number of carbonyl (C=O) groups is 6. The molecule has 1 unspecified atom stereocenters. The van der Waals surface area contributed by atoms with Crippen molar-refractivity contribution < 1.29 is 33.5 Å². The smallest absolute Gasteiger partial charge is 0.407 e. The van der Waals surface area contributed by atoms with E-state index in [0.717, 1.165) is 30.6 Å². The number of rotatable bonds is 10. The number of fused-ring (bicyclic) bond motifs is 1. The SMILES string of the molecule is CC(C)(C)OC(=O)NCCCCCCCC(=O)Nc1ccc2c(c1)C(=O)N(C1CCC(=O)NC1=O)C2=O. The average molecular weight is 515 g/mol. The van der Waals surface area contributed by atoms with E-state index in [9.17, 15) is 28.8 Å². The van der Waals surface area contributed by atoms with Gasteiger partial charge in [-0.25, -0.2) is 4.79 Å². The van der Waals surface area contributed by atoms with Gasteiger partial charge in [-0.2, -0.15) is 0 Å². The molecule has 1 fully saturated rings. The number of benzene rings is 1. The monoisotopic (exact) mass is 514 g/mol. The Morgan fingerprint density at radius 2 is 1.68 bits per heavy atom. The van der Waals surface area contributed by atoms with E-state index in [4.69, 9.17) is 4.74 Å². The van der Waals surface area contributed by atoms with Gasteiger partial charge in [-0.05, 0) is 58.2 Å².